The van der Waals surface area contributed by atoms with Crippen molar-refractivity contribution in [3.05, 3.63) is 77.9 Å². The molecule has 1 aliphatic rings. The summed E-state index contributed by atoms with van der Waals surface area (Å²) in [5.41, 5.74) is 2.34. The van der Waals surface area contributed by atoms with Crippen molar-refractivity contribution in [2.45, 2.75) is 12.8 Å². The Labute approximate surface area is 216 Å². The molecule has 0 aliphatic carbocycles. The number of methoxy groups -OCH3 is 2. The number of rotatable bonds is 8. The minimum atomic E-state index is -0.00214. The van der Waals surface area contributed by atoms with Gasteiger partial charge in [-0.15, -0.1) is 11.3 Å². The minimum Gasteiger partial charge on any atom is -0.497 e. The molecule has 2 heterocycles. The first kappa shape index (κ1) is 24.3. The number of piperidine rings is 1. The quantitative estimate of drug-likeness (QED) is 0.257. The lowest BCUT2D eigenvalue weighted by Crippen LogP contribution is -2.34. The number of ether oxygens (including phenoxy) is 3. The summed E-state index contributed by atoms with van der Waals surface area (Å²) in [6.07, 6.45) is 2.42. The van der Waals surface area contributed by atoms with Crippen molar-refractivity contribution in [3.63, 3.8) is 0 Å². The van der Waals surface area contributed by atoms with Crippen LogP contribution in [0.15, 0.2) is 66.7 Å². The summed E-state index contributed by atoms with van der Waals surface area (Å²) in [6, 6.07) is 21.3. The van der Waals surface area contributed by atoms with Crippen molar-refractivity contribution >= 4 is 27.2 Å². The minimum absolute atomic E-state index is 0.00214. The van der Waals surface area contributed by atoms with Crippen LogP contribution in [0.2, 0.25) is 0 Å². The third kappa shape index (κ3) is 5.11. The smallest absolute Gasteiger partial charge is 0.195 e. The lowest BCUT2D eigenvalue weighted by Gasteiger charge is -2.29. The van der Waals surface area contributed by atoms with Crippen LogP contribution in [0.3, 0.4) is 0 Å². The maximum Gasteiger partial charge on any atom is 0.195 e. The molecule has 0 amide bonds. The van der Waals surface area contributed by atoms with E-state index >= 15 is 0 Å². The van der Waals surface area contributed by atoms with Crippen LogP contribution in [0.5, 0.6) is 17.2 Å². The molecule has 1 saturated heterocycles. The number of benzene rings is 3. The Hall–Kier alpha value is -3.35. The van der Waals surface area contributed by atoms with Gasteiger partial charge in [0.05, 0.1) is 20.8 Å². The van der Waals surface area contributed by atoms with E-state index in [9.17, 15) is 4.79 Å². The molecule has 0 radical (unpaired) electrons. The van der Waals surface area contributed by atoms with Crippen LogP contribution in [-0.2, 0) is 0 Å². The third-order valence-corrected chi connectivity index (χ3v) is 8.00. The molecule has 6 heteroatoms. The fourth-order valence-corrected chi connectivity index (χ4v) is 6.08. The van der Waals surface area contributed by atoms with Crippen LogP contribution in [0, 0.1) is 5.92 Å². The predicted molar refractivity (Wildman–Crippen MR) is 146 cm³/mol. The van der Waals surface area contributed by atoms with E-state index < -0.39 is 0 Å². The van der Waals surface area contributed by atoms with Gasteiger partial charge < -0.3 is 19.1 Å². The largest absolute Gasteiger partial charge is 0.497 e. The normalized spacial score (nSPS) is 16.1. The maximum absolute atomic E-state index is 13.9. The molecular formula is C30H31NO4S. The van der Waals surface area contributed by atoms with E-state index in [0.29, 0.717) is 23.7 Å². The number of hydrogen-bond donors (Lipinski definition) is 0. The number of hydrogen-bond acceptors (Lipinski definition) is 6. The van der Waals surface area contributed by atoms with Gasteiger partial charge in [0.15, 0.2) is 5.78 Å². The Balaban J connectivity index is 1.43. The monoisotopic (exact) mass is 501 g/mol. The van der Waals surface area contributed by atoms with Gasteiger partial charge in [0.1, 0.15) is 17.2 Å². The van der Waals surface area contributed by atoms with Gasteiger partial charge in [0.2, 0.25) is 0 Å². The Morgan fingerprint density at radius 2 is 1.64 bits per heavy atom. The number of carbonyl (C=O) groups excluding carboxylic acids is 1. The van der Waals surface area contributed by atoms with Crippen molar-refractivity contribution in [1.82, 2.24) is 4.90 Å². The van der Waals surface area contributed by atoms with Gasteiger partial charge in [-0.1, -0.05) is 0 Å². The Morgan fingerprint density at radius 3 is 2.33 bits per heavy atom. The van der Waals surface area contributed by atoms with Gasteiger partial charge in [-0.05, 0) is 98.7 Å². The van der Waals surface area contributed by atoms with E-state index in [2.05, 4.69) is 11.9 Å². The lowest BCUT2D eigenvalue weighted by atomic mass is 9.97. The highest BCUT2D eigenvalue weighted by molar-refractivity contribution is 7.22. The Kier molecular flexibility index (Phi) is 7.25. The molecule has 36 heavy (non-hydrogen) atoms. The average molecular weight is 502 g/mol. The van der Waals surface area contributed by atoms with E-state index in [4.69, 9.17) is 14.2 Å². The van der Waals surface area contributed by atoms with E-state index in [0.717, 1.165) is 50.9 Å². The van der Waals surface area contributed by atoms with Gasteiger partial charge in [-0.2, -0.15) is 0 Å². The van der Waals surface area contributed by atoms with Crippen LogP contribution in [-0.4, -0.2) is 51.6 Å². The highest BCUT2D eigenvalue weighted by atomic mass is 32.1. The predicted octanol–water partition coefficient (Wildman–Crippen LogP) is 6.54. The zero-order valence-corrected chi connectivity index (χ0v) is 21.8. The van der Waals surface area contributed by atoms with E-state index in [1.165, 1.54) is 12.8 Å². The topological polar surface area (TPSA) is 48.0 Å². The molecule has 1 unspecified atom stereocenters. The van der Waals surface area contributed by atoms with Gasteiger partial charge in [-0.3, -0.25) is 4.79 Å². The maximum atomic E-state index is 13.9. The first-order chi connectivity index (χ1) is 17.6. The molecule has 0 bridgehead atoms. The van der Waals surface area contributed by atoms with Gasteiger partial charge >= 0.3 is 0 Å². The summed E-state index contributed by atoms with van der Waals surface area (Å²) in [6.45, 7) is 2.94. The van der Waals surface area contributed by atoms with Crippen LogP contribution in [0.1, 0.15) is 28.8 Å². The molecule has 1 fully saturated rings. The number of ketones is 1. The second-order valence-corrected chi connectivity index (χ2v) is 10.4. The molecular weight excluding hydrogens is 470 g/mol. The molecule has 3 aromatic carbocycles. The molecule has 5 rings (SSSR count). The molecule has 0 N–H and O–H groups in total. The first-order valence-corrected chi connectivity index (χ1v) is 13.1. The molecule has 5 nitrogen and oxygen atoms in total. The molecule has 0 saturated carbocycles. The summed E-state index contributed by atoms with van der Waals surface area (Å²) in [5.74, 6) is 2.90. The summed E-state index contributed by atoms with van der Waals surface area (Å²) < 4.78 is 17.8. The lowest BCUT2D eigenvalue weighted by molar-refractivity contribution is 0.104. The highest BCUT2D eigenvalue weighted by Crippen LogP contribution is 2.41. The third-order valence-electron chi connectivity index (χ3n) is 6.80. The van der Waals surface area contributed by atoms with Crippen molar-refractivity contribution < 1.29 is 19.0 Å². The SMILES string of the molecule is COc1ccc(-c2sc3cc(OC)ccc3c2C(=O)c2ccc(OCC3CCCN(C)C3)cc2)cc1. The molecule has 1 aliphatic heterocycles. The van der Waals surface area contributed by atoms with Crippen LogP contribution < -0.4 is 14.2 Å². The van der Waals surface area contributed by atoms with Crippen molar-refractivity contribution in [1.29, 1.82) is 0 Å². The number of carbonyl (C=O) groups is 1. The second-order valence-electron chi connectivity index (χ2n) is 9.33. The molecule has 186 valence electrons. The number of likely N-dealkylation sites (tertiary alicyclic amines) is 1. The average Bonchev–Trinajstić information content (AvgIpc) is 3.30. The van der Waals surface area contributed by atoms with Crippen molar-refractivity contribution in [3.8, 4) is 27.7 Å². The van der Waals surface area contributed by atoms with Gasteiger partial charge in [0.25, 0.3) is 0 Å². The summed E-state index contributed by atoms with van der Waals surface area (Å²) in [7, 11) is 5.47. The van der Waals surface area contributed by atoms with Crippen LogP contribution in [0.25, 0.3) is 20.5 Å². The van der Waals surface area contributed by atoms with Crippen molar-refractivity contribution in [2.75, 3.05) is 41.0 Å². The van der Waals surface area contributed by atoms with Crippen molar-refractivity contribution in [2.24, 2.45) is 5.92 Å². The van der Waals surface area contributed by atoms with Gasteiger partial charge in [0, 0.05) is 38.6 Å². The van der Waals surface area contributed by atoms with E-state index in [-0.39, 0.29) is 5.78 Å². The van der Waals surface area contributed by atoms with Gasteiger partial charge in [-0.25, -0.2) is 0 Å². The molecule has 0 spiro atoms. The van der Waals surface area contributed by atoms with E-state index in [1.807, 2.05) is 66.7 Å². The van der Waals surface area contributed by atoms with E-state index in [1.54, 1.807) is 25.6 Å². The van der Waals surface area contributed by atoms with Crippen LogP contribution >= 0.6 is 11.3 Å². The molecule has 1 aromatic heterocycles. The first-order valence-electron chi connectivity index (χ1n) is 12.3. The summed E-state index contributed by atoms with van der Waals surface area (Å²) in [4.78, 5) is 17.1. The Bertz CT molecular complexity index is 1340. The second kappa shape index (κ2) is 10.7. The zero-order chi connectivity index (χ0) is 25.1. The zero-order valence-electron chi connectivity index (χ0n) is 21.0. The molecule has 4 aromatic rings. The summed E-state index contributed by atoms with van der Waals surface area (Å²) in [5, 5.41) is 0.929. The number of thiophene rings is 1. The Morgan fingerprint density at radius 1 is 0.944 bits per heavy atom. The summed E-state index contributed by atoms with van der Waals surface area (Å²) >= 11 is 1.60. The van der Waals surface area contributed by atoms with Crippen LogP contribution in [0.4, 0.5) is 0 Å². The number of fused-ring (bicyclic) bond motifs is 1. The standard InChI is InChI=1S/C30H31NO4S/c1-31-16-4-5-20(18-31)19-35-24-12-6-21(7-13-24)29(32)28-26-15-14-25(34-3)17-27(26)36-30(28)22-8-10-23(33-2)11-9-22/h6-15,17,20H,4-5,16,18-19H2,1-3H3. The molecule has 1 atom stereocenters. The highest BCUT2D eigenvalue weighted by Gasteiger charge is 2.22. The number of nitrogens with zero attached hydrogens (tertiary/aromatic N) is 1. The fraction of sp³-hybridized carbons (Fsp3) is 0.300. The fourth-order valence-electron chi connectivity index (χ4n) is 4.85.